The first-order chi connectivity index (χ1) is 14.8. The number of rotatable bonds is 10. The van der Waals surface area contributed by atoms with Gasteiger partial charge >= 0.3 is 0 Å². The van der Waals surface area contributed by atoms with Gasteiger partial charge in [0, 0.05) is 26.1 Å². The van der Waals surface area contributed by atoms with Crippen molar-refractivity contribution < 1.29 is 13.2 Å². The number of hydrogen-bond acceptors (Lipinski definition) is 4. The van der Waals surface area contributed by atoms with Crippen molar-refractivity contribution in [3.05, 3.63) is 65.2 Å². The van der Waals surface area contributed by atoms with E-state index in [9.17, 15) is 13.2 Å². The first kappa shape index (κ1) is 23.3. The van der Waals surface area contributed by atoms with E-state index in [2.05, 4.69) is 22.3 Å². The number of benzene rings is 2. The van der Waals surface area contributed by atoms with Gasteiger partial charge in [-0.25, -0.2) is 8.42 Å². The first-order valence-electron chi connectivity index (χ1n) is 10.9. The van der Waals surface area contributed by atoms with E-state index >= 15 is 0 Å². The van der Waals surface area contributed by atoms with E-state index in [0.29, 0.717) is 18.7 Å². The Morgan fingerprint density at radius 2 is 1.68 bits per heavy atom. The number of para-hydroxylation sites is 1. The van der Waals surface area contributed by atoms with Crippen LogP contribution in [0, 0.1) is 6.92 Å². The van der Waals surface area contributed by atoms with E-state index in [1.54, 1.807) is 6.07 Å². The molecule has 2 aromatic carbocycles. The lowest BCUT2D eigenvalue weighted by molar-refractivity contribution is -0.121. The Kier molecular flexibility index (Phi) is 8.09. The van der Waals surface area contributed by atoms with Gasteiger partial charge < -0.3 is 5.32 Å². The predicted octanol–water partition coefficient (Wildman–Crippen LogP) is 3.45. The van der Waals surface area contributed by atoms with Crippen LogP contribution in [0.1, 0.15) is 42.4 Å². The number of hydrogen-bond donors (Lipinski definition) is 1. The molecule has 0 aromatic heterocycles. The lowest BCUT2D eigenvalue weighted by Gasteiger charge is -2.24. The van der Waals surface area contributed by atoms with Gasteiger partial charge in [-0.05, 0) is 62.0 Å². The molecule has 6 nitrogen and oxygen atoms in total. The molecule has 2 aromatic rings. The molecule has 1 aliphatic heterocycles. The van der Waals surface area contributed by atoms with Crippen molar-refractivity contribution in [1.82, 2.24) is 10.2 Å². The van der Waals surface area contributed by atoms with Crippen LogP contribution in [0.2, 0.25) is 0 Å². The number of sulfonamides is 1. The summed E-state index contributed by atoms with van der Waals surface area (Å²) in [7, 11) is -3.41. The molecule has 31 heavy (non-hydrogen) atoms. The quantitative estimate of drug-likeness (QED) is 0.611. The monoisotopic (exact) mass is 443 g/mol. The minimum Gasteiger partial charge on any atom is -0.352 e. The molecule has 0 unspecified atom stereocenters. The Balaban J connectivity index is 1.52. The molecule has 3 rings (SSSR count). The molecule has 1 N–H and O–H groups in total. The summed E-state index contributed by atoms with van der Waals surface area (Å²) in [5.41, 5.74) is 3.96. The molecular weight excluding hydrogens is 410 g/mol. The smallest absolute Gasteiger partial charge is 0.232 e. The lowest BCUT2D eigenvalue weighted by Crippen LogP contribution is -2.32. The summed E-state index contributed by atoms with van der Waals surface area (Å²) >= 11 is 0. The van der Waals surface area contributed by atoms with Gasteiger partial charge in [0.2, 0.25) is 15.9 Å². The van der Waals surface area contributed by atoms with Gasteiger partial charge in [0.25, 0.3) is 0 Å². The van der Waals surface area contributed by atoms with E-state index in [0.717, 1.165) is 30.8 Å². The van der Waals surface area contributed by atoms with Gasteiger partial charge in [0.05, 0.1) is 11.9 Å². The molecule has 1 saturated heterocycles. The lowest BCUT2D eigenvalue weighted by atomic mass is 10.1. The molecule has 7 heteroatoms. The van der Waals surface area contributed by atoms with Crippen molar-refractivity contribution in [1.29, 1.82) is 0 Å². The minimum absolute atomic E-state index is 0.0609. The fraction of sp³-hybridized carbons (Fsp3) is 0.458. The van der Waals surface area contributed by atoms with Crippen LogP contribution in [0.3, 0.4) is 0 Å². The van der Waals surface area contributed by atoms with Crippen LogP contribution in [0.25, 0.3) is 0 Å². The summed E-state index contributed by atoms with van der Waals surface area (Å²) in [6, 6.07) is 15.6. The SMILES string of the molecule is Cc1ccccc1N(CCCC(=O)NCc1ccccc1CN1CCCC1)S(C)(=O)=O. The van der Waals surface area contributed by atoms with Crippen LogP contribution in [-0.2, 0) is 27.9 Å². The minimum atomic E-state index is -3.41. The molecule has 1 fully saturated rings. The second-order valence-corrected chi connectivity index (χ2v) is 10.2. The van der Waals surface area contributed by atoms with Crippen molar-refractivity contribution in [2.45, 2.75) is 45.7 Å². The van der Waals surface area contributed by atoms with Crippen LogP contribution in [0.15, 0.2) is 48.5 Å². The molecule has 0 aliphatic carbocycles. The number of nitrogens with one attached hydrogen (secondary N) is 1. The van der Waals surface area contributed by atoms with Crippen LogP contribution in [-0.4, -0.2) is 45.1 Å². The van der Waals surface area contributed by atoms with E-state index in [1.165, 1.54) is 29.0 Å². The molecule has 0 radical (unpaired) electrons. The van der Waals surface area contributed by atoms with Crippen LogP contribution < -0.4 is 9.62 Å². The summed E-state index contributed by atoms with van der Waals surface area (Å²) in [4.78, 5) is 14.9. The molecule has 1 aliphatic rings. The van der Waals surface area contributed by atoms with Gasteiger partial charge in [-0.2, -0.15) is 0 Å². The third kappa shape index (κ3) is 6.80. The number of carbonyl (C=O) groups is 1. The second kappa shape index (κ2) is 10.8. The Morgan fingerprint density at radius 1 is 1.03 bits per heavy atom. The molecule has 1 amide bonds. The highest BCUT2D eigenvalue weighted by molar-refractivity contribution is 7.92. The van der Waals surface area contributed by atoms with E-state index < -0.39 is 10.0 Å². The van der Waals surface area contributed by atoms with Gasteiger partial charge in [0.1, 0.15) is 0 Å². The van der Waals surface area contributed by atoms with Gasteiger partial charge in [-0.15, -0.1) is 0 Å². The van der Waals surface area contributed by atoms with Gasteiger partial charge in [-0.3, -0.25) is 14.0 Å². The Morgan fingerprint density at radius 3 is 2.35 bits per heavy atom. The Bertz CT molecular complexity index is 985. The number of anilines is 1. The fourth-order valence-electron chi connectivity index (χ4n) is 4.04. The zero-order valence-corrected chi connectivity index (χ0v) is 19.3. The molecule has 0 spiro atoms. The zero-order chi connectivity index (χ0) is 22.3. The van der Waals surface area contributed by atoms with Crippen LogP contribution >= 0.6 is 0 Å². The second-order valence-electron chi connectivity index (χ2n) is 8.25. The average Bonchev–Trinajstić information content (AvgIpc) is 3.24. The van der Waals surface area contributed by atoms with Crippen molar-refractivity contribution >= 4 is 21.6 Å². The normalized spacial score (nSPS) is 14.5. The summed E-state index contributed by atoms with van der Waals surface area (Å²) in [5.74, 6) is -0.0609. The van der Waals surface area contributed by atoms with Crippen LogP contribution in [0.4, 0.5) is 5.69 Å². The summed E-state index contributed by atoms with van der Waals surface area (Å²) in [6.45, 7) is 5.86. The van der Waals surface area contributed by atoms with Crippen molar-refractivity contribution in [2.24, 2.45) is 0 Å². The van der Waals surface area contributed by atoms with Crippen LogP contribution in [0.5, 0.6) is 0 Å². The van der Waals surface area contributed by atoms with E-state index in [4.69, 9.17) is 0 Å². The number of likely N-dealkylation sites (tertiary alicyclic amines) is 1. The van der Waals surface area contributed by atoms with Crippen molar-refractivity contribution in [3.8, 4) is 0 Å². The molecule has 1 heterocycles. The maximum absolute atomic E-state index is 12.4. The third-order valence-corrected chi connectivity index (χ3v) is 6.92. The fourth-order valence-corrected chi connectivity index (χ4v) is 5.06. The number of carbonyl (C=O) groups excluding carboxylic acids is 1. The Labute approximate surface area is 186 Å². The summed E-state index contributed by atoms with van der Waals surface area (Å²) in [5, 5.41) is 3.00. The van der Waals surface area contributed by atoms with Gasteiger partial charge in [0.15, 0.2) is 0 Å². The van der Waals surface area contributed by atoms with Crippen molar-refractivity contribution in [3.63, 3.8) is 0 Å². The molecule has 0 atom stereocenters. The number of nitrogens with zero attached hydrogens (tertiary/aromatic N) is 2. The number of aryl methyl sites for hydroxylation is 1. The standard InChI is InChI=1S/C24H33N3O3S/c1-20-10-3-6-13-23(20)27(31(2,29)30)17-9-14-24(28)25-18-21-11-4-5-12-22(21)19-26-15-7-8-16-26/h3-6,10-13H,7-9,14-19H2,1-2H3,(H,25,28). The number of amides is 1. The maximum Gasteiger partial charge on any atom is 0.232 e. The largest absolute Gasteiger partial charge is 0.352 e. The highest BCUT2D eigenvalue weighted by atomic mass is 32.2. The Hall–Kier alpha value is -2.38. The zero-order valence-electron chi connectivity index (χ0n) is 18.5. The van der Waals surface area contributed by atoms with E-state index in [1.807, 2.05) is 37.3 Å². The topological polar surface area (TPSA) is 69.7 Å². The summed E-state index contributed by atoms with van der Waals surface area (Å²) in [6.07, 6.45) is 4.46. The molecule has 168 valence electrons. The first-order valence-corrected chi connectivity index (χ1v) is 12.8. The average molecular weight is 444 g/mol. The van der Waals surface area contributed by atoms with Gasteiger partial charge in [-0.1, -0.05) is 42.5 Å². The summed E-state index contributed by atoms with van der Waals surface area (Å²) < 4.78 is 25.9. The highest BCUT2D eigenvalue weighted by Crippen LogP contribution is 2.22. The molecule has 0 saturated carbocycles. The third-order valence-electron chi connectivity index (χ3n) is 5.74. The predicted molar refractivity (Wildman–Crippen MR) is 125 cm³/mol. The molecule has 0 bridgehead atoms. The van der Waals surface area contributed by atoms with E-state index in [-0.39, 0.29) is 18.9 Å². The highest BCUT2D eigenvalue weighted by Gasteiger charge is 2.19. The van der Waals surface area contributed by atoms with Crippen molar-refractivity contribution in [2.75, 3.05) is 30.2 Å². The molecular formula is C24H33N3O3S. The maximum atomic E-state index is 12.4.